The second-order valence-corrected chi connectivity index (χ2v) is 5.89. The highest BCUT2D eigenvalue weighted by Gasteiger charge is 2.25. The van der Waals surface area contributed by atoms with Crippen LogP contribution < -0.4 is 10.5 Å². The first-order chi connectivity index (χ1) is 10.1. The van der Waals surface area contributed by atoms with E-state index in [4.69, 9.17) is 22.7 Å². The molecule has 1 aliphatic carbocycles. The maximum absolute atomic E-state index is 5.81. The van der Waals surface area contributed by atoms with Crippen LogP contribution in [0.5, 0.6) is 5.88 Å². The fraction of sp³-hybridized carbons (Fsp3) is 0.375. The molecule has 1 aliphatic rings. The Kier molecular flexibility index (Phi) is 4.03. The SMILES string of the molecule is CN(CCOc1cc(C(N)=S)c2ccccc2n1)C1CC1. The standard InChI is InChI=1S/C16H19N3OS/c1-19(11-6-7-11)8-9-20-15-10-13(16(17)21)12-4-2-3-5-14(12)18-15/h2-5,10-11H,6-9H2,1H3,(H2,17,21). The number of aromatic nitrogens is 1. The number of thiocarbonyl (C=S) groups is 1. The molecule has 0 unspecified atom stereocenters. The summed E-state index contributed by atoms with van der Waals surface area (Å²) in [6.45, 7) is 1.52. The zero-order chi connectivity index (χ0) is 14.8. The largest absolute Gasteiger partial charge is 0.476 e. The van der Waals surface area contributed by atoms with E-state index >= 15 is 0 Å². The van der Waals surface area contributed by atoms with Crippen molar-refractivity contribution in [1.82, 2.24) is 9.88 Å². The van der Waals surface area contributed by atoms with Gasteiger partial charge in [0.05, 0.1) is 5.52 Å². The molecule has 4 nitrogen and oxygen atoms in total. The third-order valence-electron chi connectivity index (χ3n) is 3.82. The number of para-hydroxylation sites is 1. The van der Waals surface area contributed by atoms with Crippen LogP contribution in [0.2, 0.25) is 0 Å². The number of nitrogens with two attached hydrogens (primary N) is 1. The Balaban J connectivity index is 1.76. The van der Waals surface area contributed by atoms with E-state index in [1.165, 1.54) is 12.8 Å². The lowest BCUT2D eigenvalue weighted by Gasteiger charge is -2.16. The normalized spacial score (nSPS) is 14.6. The van der Waals surface area contributed by atoms with Crippen LogP contribution in [0.1, 0.15) is 18.4 Å². The molecule has 21 heavy (non-hydrogen) atoms. The summed E-state index contributed by atoms with van der Waals surface area (Å²) in [7, 11) is 2.13. The van der Waals surface area contributed by atoms with Gasteiger partial charge in [0, 0.05) is 29.6 Å². The fourth-order valence-corrected chi connectivity index (χ4v) is 2.59. The van der Waals surface area contributed by atoms with Crippen molar-refractivity contribution in [3.05, 3.63) is 35.9 Å². The number of hydrogen-bond acceptors (Lipinski definition) is 4. The summed E-state index contributed by atoms with van der Waals surface area (Å²) in [5.74, 6) is 0.584. The molecule has 0 spiro atoms. The molecule has 2 N–H and O–H groups in total. The van der Waals surface area contributed by atoms with Gasteiger partial charge in [-0.15, -0.1) is 0 Å². The summed E-state index contributed by atoms with van der Waals surface area (Å²) in [5.41, 5.74) is 7.49. The van der Waals surface area contributed by atoms with Crippen molar-refractivity contribution in [1.29, 1.82) is 0 Å². The predicted octanol–water partition coefficient (Wildman–Crippen LogP) is 2.34. The topological polar surface area (TPSA) is 51.4 Å². The maximum atomic E-state index is 5.81. The zero-order valence-electron chi connectivity index (χ0n) is 12.1. The minimum absolute atomic E-state index is 0.369. The molecular formula is C16H19N3OS. The molecule has 0 saturated heterocycles. The molecule has 0 bridgehead atoms. The Morgan fingerprint density at radius 3 is 2.90 bits per heavy atom. The highest BCUT2D eigenvalue weighted by atomic mass is 32.1. The van der Waals surface area contributed by atoms with Gasteiger partial charge in [-0.3, -0.25) is 0 Å². The summed E-state index contributed by atoms with van der Waals surface area (Å²) >= 11 is 5.13. The van der Waals surface area contributed by atoms with Gasteiger partial charge in [-0.05, 0) is 26.0 Å². The second-order valence-electron chi connectivity index (χ2n) is 5.45. The van der Waals surface area contributed by atoms with Crippen molar-refractivity contribution >= 4 is 28.1 Å². The van der Waals surface area contributed by atoms with Crippen molar-refractivity contribution in [2.45, 2.75) is 18.9 Å². The molecule has 0 atom stereocenters. The monoisotopic (exact) mass is 301 g/mol. The quantitative estimate of drug-likeness (QED) is 0.830. The lowest BCUT2D eigenvalue weighted by molar-refractivity contribution is 0.227. The van der Waals surface area contributed by atoms with E-state index in [2.05, 4.69) is 16.9 Å². The van der Waals surface area contributed by atoms with E-state index in [0.717, 1.165) is 29.1 Å². The lowest BCUT2D eigenvalue weighted by Crippen LogP contribution is -2.26. The van der Waals surface area contributed by atoms with Gasteiger partial charge in [0.2, 0.25) is 5.88 Å². The van der Waals surface area contributed by atoms with E-state index in [1.807, 2.05) is 30.3 Å². The smallest absolute Gasteiger partial charge is 0.214 e. The number of ether oxygens (including phenoxy) is 1. The van der Waals surface area contributed by atoms with E-state index in [-0.39, 0.29) is 0 Å². The van der Waals surface area contributed by atoms with Gasteiger partial charge in [0.25, 0.3) is 0 Å². The molecule has 0 aliphatic heterocycles. The third kappa shape index (κ3) is 3.31. The number of fused-ring (bicyclic) bond motifs is 1. The average Bonchev–Trinajstić information content (AvgIpc) is 3.30. The summed E-state index contributed by atoms with van der Waals surface area (Å²) in [4.78, 5) is 7.22. The fourth-order valence-electron chi connectivity index (χ4n) is 2.42. The Morgan fingerprint density at radius 1 is 1.43 bits per heavy atom. The molecule has 1 aromatic heterocycles. The van der Waals surface area contributed by atoms with Gasteiger partial charge in [0.1, 0.15) is 11.6 Å². The van der Waals surface area contributed by atoms with Crippen LogP contribution >= 0.6 is 12.2 Å². The maximum Gasteiger partial charge on any atom is 0.214 e. The molecule has 1 aromatic carbocycles. The van der Waals surface area contributed by atoms with Crippen LogP contribution in [0, 0.1) is 0 Å². The summed E-state index contributed by atoms with van der Waals surface area (Å²) in [6.07, 6.45) is 2.60. The summed E-state index contributed by atoms with van der Waals surface area (Å²) < 4.78 is 5.79. The molecule has 110 valence electrons. The first-order valence-corrected chi connectivity index (χ1v) is 7.58. The van der Waals surface area contributed by atoms with Crippen molar-refractivity contribution < 1.29 is 4.74 Å². The first-order valence-electron chi connectivity index (χ1n) is 7.18. The minimum atomic E-state index is 0.369. The average molecular weight is 301 g/mol. The van der Waals surface area contributed by atoms with Crippen LogP contribution in [0.3, 0.4) is 0 Å². The number of hydrogen-bond donors (Lipinski definition) is 1. The minimum Gasteiger partial charge on any atom is -0.476 e. The lowest BCUT2D eigenvalue weighted by atomic mass is 10.1. The zero-order valence-corrected chi connectivity index (χ0v) is 12.9. The highest BCUT2D eigenvalue weighted by molar-refractivity contribution is 7.80. The third-order valence-corrected chi connectivity index (χ3v) is 4.04. The van der Waals surface area contributed by atoms with Gasteiger partial charge in [0.15, 0.2) is 0 Å². The molecular weight excluding hydrogens is 282 g/mol. The van der Waals surface area contributed by atoms with Crippen molar-refractivity contribution in [2.75, 3.05) is 20.2 Å². The molecule has 2 aromatic rings. The Morgan fingerprint density at radius 2 is 2.19 bits per heavy atom. The van der Waals surface area contributed by atoms with Crippen LogP contribution in [-0.2, 0) is 0 Å². The summed E-state index contributed by atoms with van der Waals surface area (Å²) in [6, 6.07) is 10.4. The van der Waals surface area contributed by atoms with E-state index in [9.17, 15) is 0 Å². The van der Waals surface area contributed by atoms with Gasteiger partial charge in [-0.2, -0.15) is 0 Å². The van der Waals surface area contributed by atoms with Crippen molar-refractivity contribution in [3.8, 4) is 5.88 Å². The number of pyridine rings is 1. The number of nitrogens with zero attached hydrogens (tertiary/aromatic N) is 2. The molecule has 0 amide bonds. The van der Waals surface area contributed by atoms with Crippen molar-refractivity contribution in [3.63, 3.8) is 0 Å². The van der Waals surface area contributed by atoms with Gasteiger partial charge >= 0.3 is 0 Å². The van der Waals surface area contributed by atoms with E-state index in [1.54, 1.807) is 0 Å². The van der Waals surface area contributed by atoms with Crippen molar-refractivity contribution in [2.24, 2.45) is 5.73 Å². The molecule has 1 fully saturated rings. The highest BCUT2D eigenvalue weighted by Crippen LogP contribution is 2.25. The Hall–Kier alpha value is -1.72. The molecule has 1 heterocycles. The molecule has 3 rings (SSSR count). The van der Waals surface area contributed by atoms with Crippen LogP contribution in [0.15, 0.2) is 30.3 Å². The number of benzene rings is 1. The van der Waals surface area contributed by atoms with Crippen LogP contribution in [0.25, 0.3) is 10.9 Å². The molecule has 0 radical (unpaired) electrons. The second kappa shape index (κ2) is 5.95. The van der Waals surface area contributed by atoms with Gasteiger partial charge < -0.3 is 15.4 Å². The Labute approximate surface area is 129 Å². The molecule has 5 heteroatoms. The van der Waals surface area contributed by atoms with Gasteiger partial charge in [-0.25, -0.2) is 4.98 Å². The van der Waals surface area contributed by atoms with E-state index in [0.29, 0.717) is 17.5 Å². The number of likely N-dealkylation sites (N-methyl/N-ethyl adjacent to an activating group) is 1. The first kappa shape index (κ1) is 14.2. The Bertz CT molecular complexity index is 670. The molecule has 1 saturated carbocycles. The van der Waals surface area contributed by atoms with Crippen LogP contribution in [-0.4, -0.2) is 41.1 Å². The van der Waals surface area contributed by atoms with Crippen LogP contribution in [0.4, 0.5) is 0 Å². The van der Waals surface area contributed by atoms with Gasteiger partial charge in [-0.1, -0.05) is 30.4 Å². The summed E-state index contributed by atoms with van der Waals surface area (Å²) in [5, 5.41) is 0.965. The predicted molar refractivity (Wildman–Crippen MR) is 88.8 cm³/mol. The van der Waals surface area contributed by atoms with E-state index < -0.39 is 0 Å². The number of rotatable bonds is 6.